The van der Waals surface area contributed by atoms with Crippen LogP contribution in [0.5, 0.6) is 0 Å². The summed E-state index contributed by atoms with van der Waals surface area (Å²) in [6, 6.07) is 5.99. The Morgan fingerprint density at radius 2 is 2.07 bits per heavy atom. The van der Waals surface area contributed by atoms with E-state index in [4.69, 9.17) is 0 Å². The molecule has 4 rings (SSSR count). The third-order valence-corrected chi connectivity index (χ3v) is 6.21. The smallest absolute Gasteiger partial charge is 0.148 e. The number of benzene rings is 1. The molecular weight excluding hydrogens is 365 g/mol. The molecule has 4 nitrogen and oxygen atoms in total. The van der Waals surface area contributed by atoms with E-state index in [0.29, 0.717) is 35.5 Å². The Morgan fingerprint density at radius 3 is 2.79 bits per heavy atom. The predicted molar refractivity (Wildman–Crippen MR) is 114 cm³/mol. The van der Waals surface area contributed by atoms with E-state index in [1.54, 1.807) is 6.07 Å². The molecule has 3 heterocycles. The van der Waals surface area contributed by atoms with Gasteiger partial charge >= 0.3 is 0 Å². The minimum Gasteiger partial charge on any atom is -0.505 e. The third kappa shape index (κ3) is 3.24. The zero-order chi connectivity index (χ0) is 20.9. The van der Waals surface area contributed by atoms with Crippen LogP contribution >= 0.6 is 0 Å². The zero-order valence-electron chi connectivity index (χ0n) is 17.1. The van der Waals surface area contributed by atoms with Crippen LogP contribution in [0, 0.1) is 12.7 Å². The van der Waals surface area contributed by atoms with Crippen LogP contribution < -0.4 is 5.32 Å². The molecule has 0 radical (unpaired) electrons. The number of piperazine rings is 1. The fourth-order valence-electron chi connectivity index (χ4n) is 4.59. The molecule has 2 saturated heterocycles. The van der Waals surface area contributed by atoms with E-state index in [2.05, 4.69) is 41.8 Å². The second kappa shape index (κ2) is 7.14. The molecule has 2 fully saturated rings. The topological polar surface area (TPSA) is 38.7 Å². The molecule has 1 aromatic carbocycles. The summed E-state index contributed by atoms with van der Waals surface area (Å²) in [6.45, 7) is 17.6. The van der Waals surface area contributed by atoms with Crippen LogP contribution in [0.25, 0.3) is 0 Å². The van der Waals surface area contributed by atoms with Crippen molar-refractivity contribution in [2.75, 3.05) is 6.54 Å². The van der Waals surface area contributed by atoms with Gasteiger partial charge in [-0.2, -0.15) is 0 Å². The minimum absolute atomic E-state index is 0.134. The Kier molecular flexibility index (Phi) is 4.77. The van der Waals surface area contributed by atoms with Gasteiger partial charge in [-0.05, 0) is 38.3 Å². The van der Waals surface area contributed by atoms with E-state index >= 15 is 0 Å². The van der Waals surface area contributed by atoms with E-state index in [0.717, 1.165) is 41.9 Å². The Balaban J connectivity index is 1.54. The van der Waals surface area contributed by atoms with Crippen LogP contribution in [0.3, 0.4) is 0 Å². The SMILES string of the molecule is C=C(NCc1ccc(C)cc1F)C1=CN2CC3CCC(C)N3C(=C)C2=C(O)C1=C. The van der Waals surface area contributed by atoms with Crippen molar-refractivity contribution in [3.8, 4) is 0 Å². The van der Waals surface area contributed by atoms with Gasteiger partial charge in [0.05, 0.1) is 5.70 Å². The maximum atomic E-state index is 14.1. The number of hydrogen-bond donors (Lipinski definition) is 2. The number of aliphatic hydroxyl groups excluding tert-OH is 1. The first kappa shape index (κ1) is 19.4. The summed E-state index contributed by atoms with van der Waals surface area (Å²) in [5.41, 5.74) is 4.86. The minimum atomic E-state index is -0.241. The van der Waals surface area contributed by atoms with Gasteiger partial charge in [-0.15, -0.1) is 0 Å². The standard InChI is InChI=1S/C24H28FN3O/c1-14-6-8-19(22(25)10-14)11-26-17(4)21-13-27-12-20-9-7-15(2)28(20)18(5)23(27)24(29)16(21)3/h6,8,10,13,15,20,26,29H,3-5,7,9,11-12H2,1-2H3. The van der Waals surface area contributed by atoms with Gasteiger partial charge in [0.2, 0.25) is 0 Å². The lowest BCUT2D eigenvalue weighted by Crippen LogP contribution is -2.48. The van der Waals surface area contributed by atoms with E-state index in [1.165, 1.54) is 6.07 Å². The van der Waals surface area contributed by atoms with Crippen molar-refractivity contribution in [1.82, 2.24) is 15.1 Å². The molecule has 2 unspecified atom stereocenters. The first-order chi connectivity index (χ1) is 13.8. The third-order valence-electron chi connectivity index (χ3n) is 6.21. The number of nitrogens with zero attached hydrogens (tertiary/aromatic N) is 2. The van der Waals surface area contributed by atoms with Crippen molar-refractivity contribution in [2.45, 2.75) is 45.3 Å². The fraction of sp³-hybridized carbons (Fsp3) is 0.333. The largest absolute Gasteiger partial charge is 0.505 e. The molecule has 29 heavy (non-hydrogen) atoms. The highest BCUT2D eigenvalue weighted by atomic mass is 19.1. The molecule has 5 heteroatoms. The second-order valence-electron chi connectivity index (χ2n) is 8.23. The second-order valence-corrected chi connectivity index (χ2v) is 8.23. The highest BCUT2D eigenvalue weighted by Gasteiger charge is 2.41. The Bertz CT molecular complexity index is 974. The summed E-state index contributed by atoms with van der Waals surface area (Å²) < 4.78 is 14.1. The molecular formula is C24H28FN3O. The Morgan fingerprint density at radius 1 is 1.31 bits per heavy atom. The van der Waals surface area contributed by atoms with E-state index in [-0.39, 0.29) is 11.6 Å². The molecule has 0 saturated carbocycles. The summed E-state index contributed by atoms with van der Waals surface area (Å²) in [4.78, 5) is 4.38. The van der Waals surface area contributed by atoms with Gasteiger partial charge in [0.25, 0.3) is 0 Å². The van der Waals surface area contributed by atoms with Crippen LogP contribution in [-0.4, -0.2) is 33.5 Å². The summed E-state index contributed by atoms with van der Waals surface area (Å²) in [7, 11) is 0. The van der Waals surface area contributed by atoms with Crippen molar-refractivity contribution < 1.29 is 9.50 Å². The number of nitrogens with one attached hydrogen (secondary N) is 1. The molecule has 1 aromatic rings. The van der Waals surface area contributed by atoms with Crippen molar-refractivity contribution in [2.24, 2.45) is 0 Å². The van der Waals surface area contributed by atoms with Crippen molar-refractivity contribution in [3.63, 3.8) is 0 Å². The molecule has 2 atom stereocenters. The summed E-state index contributed by atoms with van der Waals surface area (Å²) in [5, 5.41) is 14.1. The van der Waals surface area contributed by atoms with Gasteiger partial charge < -0.3 is 20.2 Å². The number of fused-ring (bicyclic) bond motifs is 2. The van der Waals surface area contributed by atoms with Gasteiger partial charge in [-0.1, -0.05) is 31.9 Å². The summed E-state index contributed by atoms with van der Waals surface area (Å²) in [5.74, 6) is -0.107. The van der Waals surface area contributed by atoms with Gasteiger partial charge in [0.15, 0.2) is 0 Å². The lowest BCUT2D eigenvalue weighted by molar-refractivity contribution is 0.179. The lowest BCUT2D eigenvalue weighted by Gasteiger charge is -2.45. The summed E-state index contributed by atoms with van der Waals surface area (Å²) >= 11 is 0. The maximum absolute atomic E-state index is 14.1. The molecule has 0 bridgehead atoms. The normalized spacial score (nSPS) is 23.8. The van der Waals surface area contributed by atoms with E-state index in [9.17, 15) is 9.50 Å². The van der Waals surface area contributed by atoms with Crippen LogP contribution in [0.4, 0.5) is 4.39 Å². The number of aryl methyl sites for hydroxylation is 1. The van der Waals surface area contributed by atoms with Crippen LogP contribution in [0.2, 0.25) is 0 Å². The number of hydrogen-bond acceptors (Lipinski definition) is 4. The lowest BCUT2D eigenvalue weighted by atomic mass is 9.95. The quantitative estimate of drug-likeness (QED) is 0.782. The van der Waals surface area contributed by atoms with E-state index < -0.39 is 0 Å². The Hall–Kier alpha value is -2.95. The first-order valence-electron chi connectivity index (χ1n) is 10.0. The molecule has 0 amide bonds. The number of allylic oxidation sites excluding steroid dienone is 2. The fourth-order valence-corrected chi connectivity index (χ4v) is 4.59. The highest BCUT2D eigenvalue weighted by molar-refractivity contribution is 5.58. The predicted octanol–water partition coefficient (Wildman–Crippen LogP) is 4.64. The number of rotatable bonds is 4. The Labute approximate surface area is 172 Å². The van der Waals surface area contributed by atoms with Gasteiger partial charge in [-0.25, -0.2) is 4.39 Å². The summed E-state index contributed by atoms with van der Waals surface area (Å²) in [6.07, 6.45) is 4.21. The highest BCUT2D eigenvalue weighted by Crippen LogP contribution is 2.42. The molecule has 152 valence electrons. The monoisotopic (exact) mass is 393 g/mol. The van der Waals surface area contributed by atoms with Gasteiger partial charge in [0.1, 0.15) is 17.3 Å². The van der Waals surface area contributed by atoms with Crippen molar-refractivity contribution >= 4 is 0 Å². The molecule has 3 aliphatic heterocycles. The first-order valence-corrected chi connectivity index (χ1v) is 10.0. The van der Waals surface area contributed by atoms with Crippen LogP contribution in [0.15, 0.2) is 78.1 Å². The maximum Gasteiger partial charge on any atom is 0.148 e. The zero-order valence-corrected chi connectivity index (χ0v) is 17.1. The van der Waals surface area contributed by atoms with Crippen molar-refractivity contribution in [1.29, 1.82) is 0 Å². The molecule has 2 N–H and O–H groups in total. The van der Waals surface area contributed by atoms with Gasteiger partial charge in [0, 0.05) is 53.8 Å². The molecule has 0 aliphatic carbocycles. The van der Waals surface area contributed by atoms with Crippen molar-refractivity contribution in [3.05, 3.63) is 95.1 Å². The van der Waals surface area contributed by atoms with E-state index in [1.807, 2.05) is 19.2 Å². The van der Waals surface area contributed by atoms with Crippen LogP contribution in [0.1, 0.15) is 30.9 Å². The average molecular weight is 394 g/mol. The molecule has 0 aromatic heterocycles. The number of aliphatic hydroxyl groups is 1. The van der Waals surface area contributed by atoms with Crippen LogP contribution in [-0.2, 0) is 6.54 Å². The molecule has 3 aliphatic rings. The molecule has 0 spiro atoms. The average Bonchev–Trinajstić information content (AvgIpc) is 3.04. The number of halogens is 1. The van der Waals surface area contributed by atoms with Gasteiger partial charge in [-0.3, -0.25) is 0 Å².